The summed E-state index contributed by atoms with van der Waals surface area (Å²) in [5, 5.41) is 0.261. The lowest BCUT2D eigenvalue weighted by Crippen LogP contribution is -2.10. The predicted octanol–water partition coefficient (Wildman–Crippen LogP) is 3.74. The molecule has 0 saturated carbocycles. The summed E-state index contributed by atoms with van der Waals surface area (Å²) in [5.74, 6) is -0.0620. The molecule has 118 valence electrons. The fourth-order valence-corrected chi connectivity index (χ4v) is 2.56. The number of halogens is 4. The van der Waals surface area contributed by atoms with Gasteiger partial charge in [0, 0.05) is 17.6 Å². The lowest BCUT2D eigenvalue weighted by atomic mass is 9.99. The van der Waals surface area contributed by atoms with E-state index in [0.717, 1.165) is 6.07 Å². The van der Waals surface area contributed by atoms with Crippen molar-refractivity contribution in [3.63, 3.8) is 0 Å². The molecular weight excluding hydrogens is 331 g/mol. The van der Waals surface area contributed by atoms with Gasteiger partial charge in [-0.1, -0.05) is 0 Å². The molecule has 0 spiro atoms. The van der Waals surface area contributed by atoms with E-state index in [0.29, 0.717) is 5.56 Å². The molecule has 0 aliphatic heterocycles. The van der Waals surface area contributed by atoms with E-state index in [2.05, 4.69) is 15.0 Å². The summed E-state index contributed by atoms with van der Waals surface area (Å²) >= 11 is 5.86. The van der Waals surface area contributed by atoms with Gasteiger partial charge in [-0.15, -0.1) is 11.6 Å². The molecular formula is C15H9ClF3N3O. The van der Waals surface area contributed by atoms with Crippen molar-refractivity contribution in [2.45, 2.75) is 12.1 Å². The number of H-pyrrole nitrogens is 1. The average Bonchev–Trinajstić information content (AvgIpc) is 2.53. The van der Waals surface area contributed by atoms with Gasteiger partial charge < -0.3 is 4.98 Å². The van der Waals surface area contributed by atoms with Crippen LogP contribution < -0.4 is 5.56 Å². The number of hydrogen-bond donors (Lipinski definition) is 1. The molecule has 0 fully saturated rings. The van der Waals surface area contributed by atoms with Crippen molar-refractivity contribution in [2.24, 2.45) is 0 Å². The van der Waals surface area contributed by atoms with Crippen molar-refractivity contribution in [3.05, 3.63) is 58.3 Å². The van der Waals surface area contributed by atoms with Crippen LogP contribution in [0.2, 0.25) is 0 Å². The first-order valence-electron chi connectivity index (χ1n) is 6.50. The zero-order chi connectivity index (χ0) is 16.6. The third-order valence-corrected chi connectivity index (χ3v) is 3.67. The largest absolute Gasteiger partial charge is 0.418 e. The Hall–Kier alpha value is -2.41. The van der Waals surface area contributed by atoms with E-state index in [1.165, 1.54) is 30.7 Å². The summed E-state index contributed by atoms with van der Waals surface area (Å²) in [6.45, 7) is 0. The third-order valence-electron chi connectivity index (χ3n) is 3.38. The van der Waals surface area contributed by atoms with E-state index in [1.807, 2.05) is 0 Å². The third kappa shape index (κ3) is 2.79. The minimum Gasteiger partial charge on any atom is -0.313 e. The Kier molecular flexibility index (Phi) is 3.81. The Balaban J connectivity index is 2.35. The number of fused-ring (bicyclic) bond motifs is 1. The van der Waals surface area contributed by atoms with Gasteiger partial charge in [-0.25, -0.2) is 4.98 Å². The number of rotatable bonds is 2. The molecule has 0 unspecified atom stereocenters. The van der Waals surface area contributed by atoms with E-state index in [4.69, 9.17) is 11.6 Å². The zero-order valence-corrected chi connectivity index (χ0v) is 12.2. The van der Waals surface area contributed by atoms with Crippen LogP contribution in [0.4, 0.5) is 13.2 Å². The molecule has 2 heterocycles. The summed E-state index contributed by atoms with van der Waals surface area (Å²) in [7, 11) is 0. The van der Waals surface area contributed by atoms with E-state index in [-0.39, 0.29) is 33.6 Å². The van der Waals surface area contributed by atoms with Crippen molar-refractivity contribution in [2.75, 3.05) is 0 Å². The highest BCUT2D eigenvalue weighted by Gasteiger charge is 2.34. The van der Waals surface area contributed by atoms with Crippen LogP contribution in [0.15, 0.2) is 41.6 Å². The van der Waals surface area contributed by atoms with Crippen LogP contribution in [0.25, 0.3) is 22.2 Å². The maximum absolute atomic E-state index is 13.2. The number of benzene rings is 1. The lowest BCUT2D eigenvalue weighted by molar-refractivity contribution is -0.137. The van der Waals surface area contributed by atoms with Crippen LogP contribution in [0.1, 0.15) is 11.1 Å². The van der Waals surface area contributed by atoms with Gasteiger partial charge in [0.25, 0.3) is 5.56 Å². The van der Waals surface area contributed by atoms with Gasteiger partial charge in [0.2, 0.25) is 0 Å². The lowest BCUT2D eigenvalue weighted by Gasteiger charge is -2.14. The molecule has 1 aromatic carbocycles. The average molecular weight is 340 g/mol. The fourth-order valence-electron chi connectivity index (χ4n) is 2.34. The molecule has 8 heteroatoms. The summed E-state index contributed by atoms with van der Waals surface area (Å²) in [6, 6.07) is 5.02. The standard InChI is InChI=1S/C15H9ClF3N3O/c16-6-8-4-10-12(21-7-22-14(10)23)5-9(8)13-11(15(17,18)19)2-1-3-20-13/h1-5,7H,6H2,(H,21,22,23). The SMILES string of the molecule is O=c1[nH]cnc2cc(-c3ncccc3C(F)(F)F)c(CCl)cc12. The van der Waals surface area contributed by atoms with Crippen LogP contribution in [0.3, 0.4) is 0 Å². The molecule has 2 aromatic heterocycles. The molecule has 0 aliphatic rings. The van der Waals surface area contributed by atoms with Gasteiger partial charge >= 0.3 is 6.18 Å². The Morgan fingerprint density at radius 1 is 1.22 bits per heavy atom. The molecule has 0 aliphatic carbocycles. The normalized spacial score (nSPS) is 11.8. The number of hydrogen-bond acceptors (Lipinski definition) is 3. The van der Waals surface area contributed by atoms with Crippen molar-refractivity contribution >= 4 is 22.5 Å². The van der Waals surface area contributed by atoms with Gasteiger partial charge in [-0.05, 0) is 29.8 Å². The van der Waals surface area contributed by atoms with Gasteiger partial charge in [-0.2, -0.15) is 13.2 Å². The van der Waals surface area contributed by atoms with Crippen LogP contribution in [-0.4, -0.2) is 15.0 Å². The molecule has 23 heavy (non-hydrogen) atoms. The Morgan fingerprint density at radius 2 is 2.00 bits per heavy atom. The molecule has 3 rings (SSSR count). The van der Waals surface area contributed by atoms with E-state index >= 15 is 0 Å². The van der Waals surface area contributed by atoms with Crippen LogP contribution in [-0.2, 0) is 12.1 Å². The molecule has 0 amide bonds. The summed E-state index contributed by atoms with van der Waals surface area (Å²) < 4.78 is 39.6. The number of nitrogens with zero attached hydrogens (tertiary/aromatic N) is 2. The summed E-state index contributed by atoms with van der Waals surface area (Å²) in [5.41, 5.74) is -0.628. The number of aromatic nitrogens is 3. The minimum absolute atomic E-state index is 0.0620. The maximum atomic E-state index is 13.2. The number of pyridine rings is 1. The zero-order valence-electron chi connectivity index (χ0n) is 11.5. The number of nitrogens with one attached hydrogen (secondary N) is 1. The quantitative estimate of drug-likeness (QED) is 0.723. The molecule has 3 aromatic rings. The van der Waals surface area contributed by atoms with Crippen molar-refractivity contribution in [3.8, 4) is 11.3 Å². The second-order valence-corrected chi connectivity index (χ2v) is 5.06. The van der Waals surface area contributed by atoms with Gasteiger partial charge in [0.05, 0.1) is 28.5 Å². The first kappa shape index (κ1) is 15.5. The Bertz CT molecular complexity index is 937. The van der Waals surface area contributed by atoms with Crippen molar-refractivity contribution in [1.29, 1.82) is 0 Å². The van der Waals surface area contributed by atoms with Crippen LogP contribution >= 0.6 is 11.6 Å². The summed E-state index contributed by atoms with van der Waals surface area (Å²) in [6.07, 6.45) is -2.08. The molecule has 4 nitrogen and oxygen atoms in total. The first-order chi connectivity index (χ1) is 10.9. The molecule has 1 N–H and O–H groups in total. The highest BCUT2D eigenvalue weighted by molar-refractivity contribution is 6.17. The van der Waals surface area contributed by atoms with Gasteiger partial charge in [0.15, 0.2) is 0 Å². The van der Waals surface area contributed by atoms with Crippen LogP contribution in [0, 0.1) is 0 Å². The monoisotopic (exact) mass is 339 g/mol. The first-order valence-corrected chi connectivity index (χ1v) is 7.04. The molecule has 0 bridgehead atoms. The second-order valence-electron chi connectivity index (χ2n) is 4.79. The number of aromatic amines is 1. The van der Waals surface area contributed by atoms with Gasteiger partial charge in [0.1, 0.15) is 0 Å². The van der Waals surface area contributed by atoms with E-state index in [1.54, 1.807) is 0 Å². The fraction of sp³-hybridized carbons (Fsp3) is 0.133. The van der Waals surface area contributed by atoms with Crippen molar-refractivity contribution < 1.29 is 13.2 Å². The molecule has 0 radical (unpaired) electrons. The van der Waals surface area contributed by atoms with E-state index < -0.39 is 11.7 Å². The van der Waals surface area contributed by atoms with Crippen molar-refractivity contribution in [1.82, 2.24) is 15.0 Å². The summed E-state index contributed by atoms with van der Waals surface area (Å²) in [4.78, 5) is 22.1. The highest BCUT2D eigenvalue weighted by atomic mass is 35.5. The Labute approximate surface area is 133 Å². The maximum Gasteiger partial charge on any atom is 0.418 e. The second kappa shape index (κ2) is 5.66. The minimum atomic E-state index is -4.55. The van der Waals surface area contributed by atoms with Gasteiger partial charge in [-0.3, -0.25) is 9.78 Å². The Morgan fingerprint density at radius 3 is 2.70 bits per heavy atom. The number of alkyl halides is 4. The van der Waals surface area contributed by atoms with E-state index in [9.17, 15) is 18.0 Å². The predicted molar refractivity (Wildman–Crippen MR) is 80.2 cm³/mol. The highest BCUT2D eigenvalue weighted by Crippen LogP contribution is 2.37. The molecule has 0 saturated heterocycles. The topological polar surface area (TPSA) is 58.6 Å². The smallest absolute Gasteiger partial charge is 0.313 e. The van der Waals surface area contributed by atoms with Crippen LogP contribution in [0.5, 0.6) is 0 Å². The molecule has 0 atom stereocenters.